The zero-order chi connectivity index (χ0) is 14.1. The molecule has 2 N–H and O–H groups in total. The number of methoxy groups -OCH3 is 1. The normalized spacial score (nSPS) is 12.2. The molecule has 0 spiro atoms. The molecule has 1 atom stereocenters. The number of hydrogen-bond donors (Lipinski definition) is 2. The Hall–Kier alpha value is -1.53. The third kappa shape index (κ3) is 5.76. The lowest BCUT2D eigenvalue weighted by atomic mass is 10.2. The second kappa shape index (κ2) is 8.55. The molecule has 0 saturated carbocycles. The molecular formula is C13H22N4O2. The number of carbonyl (C=O) groups is 1. The Bertz CT molecular complexity index is 398. The van der Waals surface area contributed by atoms with Crippen LogP contribution in [-0.4, -0.2) is 42.7 Å². The van der Waals surface area contributed by atoms with Gasteiger partial charge in [0.1, 0.15) is 0 Å². The molecule has 1 amide bonds. The third-order valence-corrected chi connectivity index (χ3v) is 2.76. The van der Waals surface area contributed by atoms with Gasteiger partial charge < -0.3 is 15.4 Å². The van der Waals surface area contributed by atoms with Crippen LogP contribution < -0.4 is 10.6 Å². The van der Waals surface area contributed by atoms with Gasteiger partial charge in [-0.3, -0.25) is 14.8 Å². The fourth-order valence-electron chi connectivity index (χ4n) is 1.72. The highest BCUT2D eigenvalue weighted by molar-refractivity contribution is 5.76. The Morgan fingerprint density at radius 1 is 1.37 bits per heavy atom. The molecule has 1 unspecified atom stereocenters. The lowest BCUT2D eigenvalue weighted by molar-refractivity contribution is -0.121. The van der Waals surface area contributed by atoms with E-state index in [9.17, 15) is 4.79 Å². The minimum Gasteiger partial charge on any atom is -0.383 e. The van der Waals surface area contributed by atoms with Gasteiger partial charge in [0.05, 0.1) is 18.0 Å². The quantitative estimate of drug-likeness (QED) is 0.673. The van der Waals surface area contributed by atoms with Gasteiger partial charge in [-0.05, 0) is 13.8 Å². The molecule has 6 heteroatoms. The maximum atomic E-state index is 11.5. The number of amides is 1. The average Bonchev–Trinajstić information content (AvgIpc) is 2.39. The van der Waals surface area contributed by atoms with E-state index in [1.54, 1.807) is 19.5 Å². The Balaban J connectivity index is 2.26. The van der Waals surface area contributed by atoms with Crippen molar-refractivity contribution in [2.75, 3.05) is 26.8 Å². The summed E-state index contributed by atoms with van der Waals surface area (Å²) in [5, 5.41) is 6.04. The van der Waals surface area contributed by atoms with Crippen LogP contribution in [0.3, 0.4) is 0 Å². The molecule has 19 heavy (non-hydrogen) atoms. The maximum Gasteiger partial charge on any atom is 0.221 e. The highest BCUT2D eigenvalue weighted by Crippen LogP contribution is 2.11. The molecule has 0 aliphatic rings. The van der Waals surface area contributed by atoms with Crippen molar-refractivity contribution in [1.29, 1.82) is 0 Å². The fourth-order valence-corrected chi connectivity index (χ4v) is 1.72. The van der Waals surface area contributed by atoms with Crippen molar-refractivity contribution in [3.8, 4) is 0 Å². The predicted molar refractivity (Wildman–Crippen MR) is 72.7 cm³/mol. The van der Waals surface area contributed by atoms with E-state index in [4.69, 9.17) is 4.74 Å². The number of nitrogens with one attached hydrogen (secondary N) is 2. The number of rotatable bonds is 8. The lowest BCUT2D eigenvalue weighted by Crippen LogP contribution is -2.31. The summed E-state index contributed by atoms with van der Waals surface area (Å²) >= 11 is 0. The molecule has 1 aromatic rings. The Morgan fingerprint density at radius 3 is 2.79 bits per heavy atom. The standard InChI is InChI=1S/C13H22N4O2/c1-10(13-11(2)15-6-7-17-13)14-5-4-12(18)16-8-9-19-3/h6-7,10,14H,4-5,8-9H2,1-3H3,(H,16,18). The van der Waals surface area contributed by atoms with Gasteiger partial charge in [0, 0.05) is 45.1 Å². The molecule has 0 aliphatic heterocycles. The lowest BCUT2D eigenvalue weighted by Gasteiger charge is -2.14. The first-order valence-corrected chi connectivity index (χ1v) is 6.41. The van der Waals surface area contributed by atoms with E-state index < -0.39 is 0 Å². The highest BCUT2D eigenvalue weighted by Gasteiger charge is 2.10. The summed E-state index contributed by atoms with van der Waals surface area (Å²) in [5.74, 6) is 0.0209. The van der Waals surface area contributed by atoms with Crippen LogP contribution in [0.1, 0.15) is 30.8 Å². The van der Waals surface area contributed by atoms with E-state index in [0.717, 1.165) is 11.4 Å². The number of aromatic nitrogens is 2. The molecule has 0 aromatic carbocycles. The molecule has 0 saturated heterocycles. The topological polar surface area (TPSA) is 76.1 Å². The minimum atomic E-state index is 0.0209. The fraction of sp³-hybridized carbons (Fsp3) is 0.615. The zero-order valence-corrected chi connectivity index (χ0v) is 11.8. The van der Waals surface area contributed by atoms with Crippen molar-refractivity contribution < 1.29 is 9.53 Å². The van der Waals surface area contributed by atoms with Gasteiger partial charge in [0.25, 0.3) is 0 Å². The minimum absolute atomic E-state index is 0.0209. The average molecular weight is 266 g/mol. The third-order valence-electron chi connectivity index (χ3n) is 2.76. The second-order valence-corrected chi connectivity index (χ2v) is 4.30. The van der Waals surface area contributed by atoms with Crippen LogP contribution in [0.25, 0.3) is 0 Å². The smallest absolute Gasteiger partial charge is 0.221 e. The summed E-state index contributed by atoms with van der Waals surface area (Å²) < 4.78 is 4.86. The van der Waals surface area contributed by atoms with Crippen LogP contribution in [0.4, 0.5) is 0 Å². The van der Waals surface area contributed by atoms with Crippen LogP contribution in [0.5, 0.6) is 0 Å². The van der Waals surface area contributed by atoms with Crippen LogP contribution in [0, 0.1) is 6.92 Å². The first kappa shape index (κ1) is 15.5. The van der Waals surface area contributed by atoms with Crippen LogP contribution in [0.15, 0.2) is 12.4 Å². The van der Waals surface area contributed by atoms with Crippen molar-refractivity contribution in [2.24, 2.45) is 0 Å². The van der Waals surface area contributed by atoms with E-state index in [2.05, 4.69) is 20.6 Å². The molecule has 0 radical (unpaired) electrons. The number of carbonyl (C=O) groups excluding carboxylic acids is 1. The van der Waals surface area contributed by atoms with Gasteiger partial charge in [-0.2, -0.15) is 0 Å². The molecule has 0 bridgehead atoms. The summed E-state index contributed by atoms with van der Waals surface area (Å²) in [5.41, 5.74) is 1.83. The molecule has 0 fully saturated rings. The van der Waals surface area contributed by atoms with Gasteiger partial charge in [0.15, 0.2) is 0 Å². The van der Waals surface area contributed by atoms with Crippen molar-refractivity contribution in [3.63, 3.8) is 0 Å². The molecule has 106 valence electrons. The van der Waals surface area contributed by atoms with Gasteiger partial charge in [-0.25, -0.2) is 0 Å². The van der Waals surface area contributed by atoms with E-state index >= 15 is 0 Å². The molecule has 0 aliphatic carbocycles. The monoisotopic (exact) mass is 266 g/mol. The van der Waals surface area contributed by atoms with Gasteiger partial charge in [0.2, 0.25) is 5.91 Å². The first-order valence-electron chi connectivity index (χ1n) is 6.41. The largest absolute Gasteiger partial charge is 0.383 e. The van der Waals surface area contributed by atoms with E-state index in [1.165, 1.54) is 0 Å². The number of nitrogens with zero attached hydrogens (tertiary/aromatic N) is 2. The van der Waals surface area contributed by atoms with Crippen molar-refractivity contribution in [2.45, 2.75) is 26.3 Å². The van der Waals surface area contributed by atoms with Gasteiger partial charge >= 0.3 is 0 Å². The predicted octanol–water partition coefficient (Wildman–Crippen LogP) is 0.588. The van der Waals surface area contributed by atoms with Crippen molar-refractivity contribution >= 4 is 5.91 Å². The summed E-state index contributed by atoms with van der Waals surface area (Å²) in [4.78, 5) is 20.0. The SMILES string of the molecule is COCCNC(=O)CCNC(C)c1nccnc1C. The molecule has 1 aromatic heterocycles. The van der Waals surface area contributed by atoms with Crippen LogP contribution in [0.2, 0.25) is 0 Å². The van der Waals surface area contributed by atoms with Crippen LogP contribution >= 0.6 is 0 Å². The summed E-state index contributed by atoms with van der Waals surface area (Å²) in [7, 11) is 1.61. The number of hydrogen-bond acceptors (Lipinski definition) is 5. The van der Waals surface area contributed by atoms with E-state index in [0.29, 0.717) is 26.1 Å². The Labute approximate surface area is 114 Å². The molecule has 1 heterocycles. The van der Waals surface area contributed by atoms with Crippen molar-refractivity contribution in [3.05, 3.63) is 23.8 Å². The summed E-state index contributed by atoms with van der Waals surface area (Å²) in [6.45, 7) is 5.64. The van der Waals surface area contributed by atoms with E-state index in [-0.39, 0.29) is 11.9 Å². The molecule has 1 rings (SSSR count). The van der Waals surface area contributed by atoms with Crippen LogP contribution in [-0.2, 0) is 9.53 Å². The Kier molecular flexibility index (Phi) is 6.99. The van der Waals surface area contributed by atoms with Gasteiger partial charge in [-0.15, -0.1) is 0 Å². The van der Waals surface area contributed by atoms with Crippen molar-refractivity contribution in [1.82, 2.24) is 20.6 Å². The highest BCUT2D eigenvalue weighted by atomic mass is 16.5. The number of ether oxygens (including phenoxy) is 1. The molecule has 6 nitrogen and oxygen atoms in total. The number of aryl methyl sites for hydroxylation is 1. The van der Waals surface area contributed by atoms with Gasteiger partial charge in [-0.1, -0.05) is 0 Å². The summed E-state index contributed by atoms with van der Waals surface area (Å²) in [6, 6.07) is 0.0838. The van der Waals surface area contributed by atoms with E-state index in [1.807, 2.05) is 13.8 Å². The first-order chi connectivity index (χ1) is 9.15. The Morgan fingerprint density at radius 2 is 2.11 bits per heavy atom. The second-order valence-electron chi connectivity index (χ2n) is 4.30. The molecular weight excluding hydrogens is 244 g/mol. The zero-order valence-electron chi connectivity index (χ0n) is 11.8. The summed E-state index contributed by atoms with van der Waals surface area (Å²) in [6.07, 6.45) is 3.79. The maximum absolute atomic E-state index is 11.5.